The van der Waals surface area contributed by atoms with Crippen LogP contribution in [0.3, 0.4) is 0 Å². The number of nitrogens with one attached hydrogen (secondary N) is 2. The van der Waals surface area contributed by atoms with Gasteiger partial charge in [0.05, 0.1) is 6.54 Å². The number of piperazine rings is 1. The van der Waals surface area contributed by atoms with Gasteiger partial charge in [-0.05, 0) is 6.42 Å². The Morgan fingerprint density at radius 3 is 2.93 bits per heavy atom. The summed E-state index contributed by atoms with van der Waals surface area (Å²) in [7, 11) is 0. The topological polar surface area (TPSA) is 44.0 Å². The van der Waals surface area contributed by atoms with Crippen LogP contribution in [0.5, 0.6) is 0 Å². The largest absolute Gasteiger partial charge is 0.345 e. The Kier molecular flexibility index (Phi) is 3.75. The zero-order valence-corrected chi connectivity index (χ0v) is 9.42. The van der Waals surface area contributed by atoms with Crippen LogP contribution in [0, 0.1) is 0 Å². The minimum absolute atomic E-state index is 0.964. The highest BCUT2D eigenvalue weighted by atomic mass is 15.2. The molecule has 0 saturated carbocycles. The van der Waals surface area contributed by atoms with E-state index in [4.69, 9.17) is 0 Å². The van der Waals surface area contributed by atoms with E-state index in [2.05, 4.69) is 27.1 Å². The molecule has 0 unspecified atom stereocenters. The highest BCUT2D eigenvalue weighted by Gasteiger charge is 2.11. The number of imidazole rings is 1. The maximum atomic E-state index is 4.41. The first kappa shape index (κ1) is 10.6. The maximum absolute atomic E-state index is 4.41. The third-order valence-electron chi connectivity index (χ3n) is 2.78. The average molecular weight is 208 g/mol. The van der Waals surface area contributed by atoms with Gasteiger partial charge in [-0.2, -0.15) is 0 Å². The Balaban J connectivity index is 1.86. The minimum Gasteiger partial charge on any atom is -0.345 e. The van der Waals surface area contributed by atoms with Crippen molar-refractivity contribution in [2.24, 2.45) is 0 Å². The number of hydrogen-bond acceptors (Lipinski definition) is 3. The maximum Gasteiger partial charge on any atom is 0.120 e. The van der Waals surface area contributed by atoms with E-state index in [9.17, 15) is 0 Å². The summed E-state index contributed by atoms with van der Waals surface area (Å²) < 4.78 is 0. The molecule has 1 aliphatic heterocycles. The summed E-state index contributed by atoms with van der Waals surface area (Å²) in [5, 5.41) is 3.35. The summed E-state index contributed by atoms with van der Waals surface area (Å²) in [5.74, 6) is 1.11. The zero-order valence-electron chi connectivity index (χ0n) is 9.42. The van der Waals surface area contributed by atoms with E-state index >= 15 is 0 Å². The van der Waals surface area contributed by atoms with Crippen molar-refractivity contribution in [2.45, 2.75) is 26.3 Å². The zero-order chi connectivity index (χ0) is 10.5. The number of rotatable bonds is 4. The molecule has 0 aliphatic carbocycles. The van der Waals surface area contributed by atoms with Crippen LogP contribution in [0.25, 0.3) is 0 Å². The number of aromatic amines is 1. The smallest absolute Gasteiger partial charge is 0.120 e. The molecule has 1 aromatic rings. The lowest BCUT2D eigenvalue weighted by Crippen LogP contribution is -2.43. The molecule has 0 bridgehead atoms. The van der Waals surface area contributed by atoms with Gasteiger partial charge < -0.3 is 10.3 Å². The molecule has 2 rings (SSSR count). The fourth-order valence-electron chi connectivity index (χ4n) is 1.96. The molecular formula is C11H20N4. The highest BCUT2D eigenvalue weighted by molar-refractivity contribution is 5.01. The molecule has 84 valence electrons. The van der Waals surface area contributed by atoms with Crippen LogP contribution in [0.15, 0.2) is 6.20 Å². The number of H-pyrrole nitrogens is 1. The summed E-state index contributed by atoms with van der Waals surface area (Å²) in [6, 6.07) is 0. The predicted molar refractivity (Wildman–Crippen MR) is 60.7 cm³/mol. The van der Waals surface area contributed by atoms with Gasteiger partial charge in [0, 0.05) is 38.1 Å². The number of aryl methyl sites for hydroxylation is 1. The Bertz CT molecular complexity index is 289. The second-order valence-corrected chi connectivity index (χ2v) is 4.13. The Morgan fingerprint density at radius 1 is 1.40 bits per heavy atom. The monoisotopic (exact) mass is 208 g/mol. The molecule has 2 heterocycles. The van der Waals surface area contributed by atoms with E-state index in [-0.39, 0.29) is 0 Å². The lowest BCUT2D eigenvalue weighted by atomic mass is 10.3. The van der Waals surface area contributed by atoms with Crippen molar-refractivity contribution in [3.63, 3.8) is 0 Å². The van der Waals surface area contributed by atoms with Crippen LogP contribution in [0.4, 0.5) is 0 Å². The van der Waals surface area contributed by atoms with E-state index in [1.807, 2.05) is 6.20 Å². The average Bonchev–Trinajstić information content (AvgIpc) is 2.68. The second-order valence-electron chi connectivity index (χ2n) is 4.13. The Morgan fingerprint density at radius 2 is 2.20 bits per heavy atom. The van der Waals surface area contributed by atoms with Gasteiger partial charge in [0.15, 0.2) is 0 Å². The predicted octanol–water partition coefficient (Wildman–Crippen LogP) is 0.767. The lowest BCUT2D eigenvalue weighted by molar-refractivity contribution is 0.228. The van der Waals surface area contributed by atoms with Crippen molar-refractivity contribution in [3.05, 3.63) is 17.7 Å². The molecule has 0 atom stereocenters. The number of nitrogens with zero attached hydrogens (tertiary/aromatic N) is 2. The fraction of sp³-hybridized carbons (Fsp3) is 0.727. The summed E-state index contributed by atoms with van der Waals surface area (Å²) >= 11 is 0. The van der Waals surface area contributed by atoms with E-state index < -0.39 is 0 Å². The van der Waals surface area contributed by atoms with Crippen LogP contribution in [0.1, 0.15) is 24.9 Å². The summed E-state index contributed by atoms with van der Waals surface area (Å²) in [6.45, 7) is 7.61. The van der Waals surface area contributed by atoms with Crippen LogP contribution < -0.4 is 5.32 Å². The SMILES string of the molecule is CCCc1cnc(CN2CCNCC2)[nH]1. The number of hydrogen-bond donors (Lipinski definition) is 2. The van der Waals surface area contributed by atoms with Gasteiger partial charge in [0.1, 0.15) is 5.82 Å². The fourth-order valence-corrected chi connectivity index (χ4v) is 1.96. The normalized spacial score (nSPS) is 18.2. The molecule has 0 aromatic carbocycles. The van der Waals surface area contributed by atoms with Crippen molar-refractivity contribution in [2.75, 3.05) is 26.2 Å². The Labute approximate surface area is 91.1 Å². The molecule has 1 saturated heterocycles. The van der Waals surface area contributed by atoms with E-state index in [0.29, 0.717) is 0 Å². The van der Waals surface area contributed by atoms with E-state index in [1.165, 1.54) is 12.1 Å². The number of aromatic nitrogens is 2. The van der Waals surface area contributed by atoms with Crippen LogP contribution >= 0.6 is 0 Å². The molecular weight excluding hydrogens is 188 g/mol. The van der Waals surface area contributed by atoms with E-state index in [0.717, 1.165) is 45.0 Å². The van der Waals surface area contributed by atoms with Crippen molar-refractivity contribution in [1.29, 1.82) is 0 Å². The van der Waals surface area contributed by atoms with Gasteiger partial charge in [-0.3, -0.25) is 4.90 Å². The summed E-state index contributed by atoms with van der Waals surface area (Å²) in [4.78, 5) is 10.2. The summed E-state index contributed by atoms with van der Waals surface area (Å²) in [5.41, 5.74) is 1.27. The van der Waals surface area contributed by atoms with E-state index in [1.54, 1.807) is 0 Å². The molecule has 4 heteroatoms. The van der Waals surface area contributed by atoms with Gasteiger partial charge in [0.25, 0.3) is 0 Å². The van der Waals surface area contributed by atoms with Crippen molar-refractivity contribution in [1.82, 2.24) is 20.2 Å². The first-order valence-corrected chi connectivity index (χ1v) is 5.84. The van der Waals surface area contributed by atoms with Crippen molar-refractivity contribution in [3.8, 4) is 0 Å². The highest BCUT2D eigenvalue weighted by Crippen LogP contribution is 2.04. The first-order chi connectivity index (χ1) is 7.38. The molecule has 2 N–H and O–H groups in total. The third-order valence-corrected chi connectivity index (χ3v) is 2.78. The van der Waals surface area contributed by atoms with Crippen molar-refractivity contribution < 1.29 is 0 Å². The van der Waals surface area contributed by atoms with Crippen molar-refractivity contribution >= 4 is 0 Å². The molecule has 4 nitrogen and oxygen atoms in total. The molecule has 0 radical (unpaired) electrons. The van der Waals surface area contributed by atoms with Gasteiger partial charge >= 0.3 is 0 Å². The lowest BCUT2D eigenvalue weighted by Gasteiger charge is -2.26. The van der Waals surface area contributed by atoms with Gasteiger partial charge in [0.2, 0.25) is 0 Å². The first-order valence-electron chi connectivity index (χ1n) is 5.84. The molecule has 1 fully saturated rings. The van der Waals surface area contributed by atoms with Crippen LogP contribution in [-0.4, -0.2) is 41.0 Å². The Hall–Kier alpha value is -0.870. The quantitative estimate of drug-likeness (QED) is 0.768. The minimum atomic E-state index is 0.964. The molecule has 1 aliphatic rings. The van der Waals surface area contributed by atoms with Gasteiger partial charge in [-0.1, -0.05) is 13.3 Å². The molecule has 15 heavy (non-hydrogen) atoms. The molecule has 1 aromatic heterocycles. The van der Waals surface area contributed by atoms with Gasteiger partial charge in [-0.25, -0.2) is 4.98 Å². The standard InChI is InChI=1S/C11H20N4/c1-2-3-10-8-13-11(14-10)9-15-6-4-12-5-7-15/h8,12H,2-7,9H2,1H3,(H,13,14). The summed E-state index contributed by atoms with van der Waals surface area (Å²) in [6.07, 6.45) is 4.25. The third kappa shape index (κ3) is 3.04. The van der Waals surface area contributed by atoms with Crippen LogP contribution in [0.2, 0.25) is 0 Å². The van der Waals surface area contributed by atoms with Crippen LogP contribution in [-0.2, 0) is 13.0 Å². The van der Waals surface area contributed by atoms with Gasteiger partial charge in [-0.15, -0.1) is 0 Å². The molecule has 0 spiro atoms. The second kappa shape index (κ2) is 5.28. The molecule has 0 amide bonds.